The molecule has 0 bridgehead atoms. The minimum Gasteiger partial charge on any atom is -0.397 e. The third kappa shape index (κ3) is 3.04. The van der Waals surface area contributed by atoms with Gasteiger partial charge in [0, 0.05) is 12.6 Å². The molecule has 1 aromatic heterocycles. The van der Waals surface area contributed by atoms with E-state index in [0.29, 0.717) is 24.3 Å². The van der Waals surface area contributed by atoms with Crippen LogP contribution in [0.3, 0.4) is 0 Å². The number of carbonyl (C=O) groups is 1. The fourth-order valence-corrected chi connectivity index (χ4v) is 1.39. The van der Waals surface area contributed by atoms with Crippen molar-refractivity contribution in [3.8, 4) is 0 Å². The fraction of sp³-hybridized carbons (Fsp3) is 0.182. The summed E-state index contributed by atoms with van der Waals surface area (Å²) in [5.74, 6) is -0.0987. The third-order valence-electron chi connectivity index (χ3n) is 2.27. The molecule has 6 heteroatoms. The highest BCUT2D eigenvalue weighted by Crippen LogP contribution is 2.16. The lowest BCUT2D eigenvalue weighted by Crippen LogP contribution is -2.15. The number of benzene rings is 1. The first-order valence-electron chi connectivity index (χ1n) is 5.24. The predicted molar refractivity (Wildman–Crippen MR) is 64.1 cm³/mol. The molecule has 0 fully saturated rings. The van der Waals surface area contributed by atoms with Crippen molar-refractivity contribution in [3.63, 3.8) is 0 Å². The summed E-state index contributed by atoms with van der Waals surface area (Å²) in [6, 6.07) is 7.15. The summed E-state index contributed by atoms with van der Waals surface area (Å²) < 4.78 is 1.61. The number of para-hydroxylation sites is 2. The van der Waals surface area contributed by atoms with E-state index in [2.05, 4.69) is 15.6 Å². The summed E-state index contributed by atoms with van der Waals surface area (Å²) in [7, 11) is 0. The average Bonchev–Trinajstić information content (AvgIpc) is 2.82. The van der Waals surface area contributed by atoms with E-state index >= 15 is 0 Å². The molecule has 1 aromatic carbocycles. The maximum absolute atomic E-state index is 11.6. The molecule has 0 saturated heterocycles. The molecular weight excluding hydrogens is 218 g/mol. The van der Waals surface area contributed by atoms with Crippen molar-refractivity contribution in [2.75, 3.05) is 11.1 Å². The number of anilines is 2. The van der Waals surface area contributed by atoms with Crippen molar-refractivity contribution >= 4 is 17.3 Å². The monoisotopic (exact) mass is 231 g/mol. The molecular formula is C11H13N5O. The Balaban J connectivity index is 1.87. The summed E-state index contributed by atoms with van der Waals surface area (Å²) >= 11 is 0. The van der Waals surface area contributed by atoms with Crippen molar-refractivity contribution in [3.05, 3.63) is 36.7 Å². The smallest absolute Gasteiger partial charge is 0.226 e. The summed E-state index contributed by atoms with van der Waals surface area (Å²) in [5, 5.41) is 10.2. The third-order valence-corrected chi connectivity index (χ3v) is 2.27. The zero-order valence-electron chi connectivity index (χ0n) is 9.21. The lowest BCUT2D eigenvalue weighted by atomic mass is 10.2. The van der Waals surface area contributed by atoms with Gasteiger partial charge in [-0.15, -0.1) is 5.10 Å². The van der Waals surface area contributed by atoms with Crippen LogP contribution in [0.4, 0.5) is 11.4 Å². The van der Waals surface area contributed by atoms with Gasteiger partial charge in [-0.25, -0.2) is 0 Å². The van der Waals surface area contributed by atoms with Crippen LogP contribution in [-0.2, 0) is 11.3 Å². The van der Waals surface area contributed by atoms with Crippen molar-refractivity contribution in [1.82, 2.24) is 15.0 Å². The Kier molecular flexibility index (Phi) is 3.34. The predicted octanol–water partition coefficient (Wildman–Crippen LogP) is 0.889. The topological polar surface area (TPSA) is 85.8 Å². The van der Waals surface area contributed by atoms with Gasteiger partial charge in [0.15, 0.2) is 0 Å². The van der Waals surface area contributed by atoms with Crippen LogP contribution in [0.1, 0.15) is 6.42 Å². The van der Waals surface area contributed by atoms with E-state index in [0.717, 1.165) is 0 Å². The molecule has 0 spiro atoms. The van der Waals surface area contributed by atoms with Crippen molar-refractivity contribution in [2.45, 2.75) is 13.0 Å². The Morgan fingerprint density at radius 3 is 2.94 bits per heavy atom. The Bertz CT molecular complexity index is 494. The molecule has 17 heavy (non-hydrogen) atoms. The Hall–Kier alpha value is -2.37. The van der Waals surface area contributed by atoms with Crippen LogP contribution < -0.4 is 11.1 Å². The molecule has 0 unspecified atom stereocenters. The van der Waals surface area contributed by atoms with Gasteiger partial charge < -0.3 is 11.1 Å². The number of nitrogens with zero attached hydrogens (tertiary/aromatic N) is 3. The maximum atomic E-state index is 11.6. The SMILES string of the molecule is Nc1ccccc1NC(=O)CCn1ccnn1. The molecule has 0 aliphatic carbocycles. The van der Waals surface area contributed by atoms with E-state index in [-0.39, 0.29) is 5.91 Å². The molecule has 0 aliphatic heterocycles. The zero-order chi connectivity index (χ0) is 12.1. The van der Waals surface area contributed by atoms with E-state index < -0.39 is 0 Å². The molecule has 3 N–H and O–H groups in total. The number of carbonyl (C=O) groups excluding carboxylic acids is 1. The van der Waals surface area contributed by atoms with Crippen LogP contribution in [0.15, 0.2) is 36.7 Å². The Morgan fingerprint density at radius 2 is 2.24 bits per heavy atom. The van der Waals surface area contributed by atoms with E-state index in [1.54, 1.807) is 29.2 Å². The molecule has 0 atom stereocenters. The number of aryl methyl sites for hydroxylation is 1. The number of nitrogens with two attached hydrogens (primary N) is 1. The first-order chi connectivity index (χ1) is 8.25. The number of hydrogen-bond acceptors (Lipinski definition) is 4. The van der Waals surface area contributed by atoms with Gasteiger partial charge in [0.25, 0.3) is 0 Å². The number of amides is 1. The summed E-state index contributed by atoms with van der Waals surface area (Å²) in [6.45, 7) is 0.499. The zero-order valence-corrected chi connectivity index (χ0v) is 9.21. The van der Waals surface area contributed by atoms with E-state index in [1.807, 2.05) is 12.1 Å². The molecule has 0 aliphatic rings. The van der Waals surface area contributed by atoms with Gasteiger partial charge in [0.05, 0.1) is 24.1 Å². The summed E-state index contributed by atoms with van der Waals surface area (Å²) in [6.07, 6.45) is 3.62. The van der Waals surface area contributed by atoms with Gasteiger partial charge in [0.2, 0.25) is 5.91 Å². The van der Waals surface area contributed by atoms with Crippen LogP contribution in [-0.4, -0.2) is 20.9 Å². The van der Waals surface area contributed by atoms with E-state index in [4.69, 9.17) is 5.73 Å². The van der Waals surface area contributed by atoms with Crippen LogP contribution in [0.25, 0.3) is 0 Å². The molecule has 1 amide bonds. The molecule has 1 heterocycles. The van der Waals surface area contributed by atoms with Gasteiger partial charge in [-0.3, -0.25) is 9.48 Å². The molecule has 6 nitrogen and oxygen atoms in total. The van der Waals surface area contributed by atoms with Gasteiger partial charge in [-0.1, -0.05) is 17.3 Å². The minimum atomic E-state index is -0.0987. The number of aromatic nitrogens is 3. The second-order valence-corrected chi connectivity index (χ2v) is 3.55. The van der Waals surface area contributed by atoms with E-state index in [9.17, 15) is 4.79 Å². The fourth-order valence-electron chi connectivity index (χ4n) is 1.39. The molecule has 2 aromatic rings. The highest BCUT2D eigenvalue weighted by Gasteiger charge is 2.04. The first kappa shape index (κ1) is 11.1. The normalized spacial score (nSPS) is 10.1. The standard InChI is InChI=1S/C11H13N5O/c12-9-3-1-2-4-10(9)14-11(17)5-7-16-8-6-13-15-16/h1-4,6,8H,5,7,12H2,(H,14,17). The Labute approximate surface area is 98.4 Å². The second kappa shape index (κ2) is 5.11. The Morgan fingerprint density at radius 1 is 1.41 bits per heavy atom. The lowest BCUT2D eigenvalue weighted by molar-refractivity contribution is -0.116. The average molecular weight is 231 g/mol. The van der Waals surface area contributed by atoms with Crippen molar-refractivity contribution < 1.29 is 4.79 Å². The maximum Gasteiger partial charge on any atom is 0.226 e. The summed E-state index contributed by atoms with van der Waals surface area (Å²) in [4.78, 5) is 11.6. The van der Waals surface area contributed by atoms with Gasteiger partial charge >= 0.3 is 0 Å². The van der Waals surface area contributed by atoms with Gasteiger partial charge in [-0.05, 0) is 12.1 Å². The largest absolute Gasteiger partial charge is 0.397 e. The van der Waals surface area contributed by atoms with Crippen LogP contribution in [0.2, 0.25) is 0 Å². The van der Waals surface area contributed by atoms with Crippen LogP contribution >= 0.6 is 0 Å². The quantitative estimate of drug-likeness (QED) is 0.765. The highest BCUT2D eigenvalue weighted by molar-refractivity contribution is 5.93. The van der Waals surface area contributed by atoms with Gasteiger partial charge in [0.1, 0.15) is 0 Å². The molecule has 0 saturated carbocycles. The highest BCUT2D eigenvalue weighted by atomic mass is 16.1. The number of nitrogen functional groups attached to an aromatic ring is 1. The lowest BCUT2D eigenvalue weighted by Gasteiger charge is -2.07. The second-order valence-electron chi connectivity index (χ2n) is 3.55. The van der Waals surface area contributed by atoms with Crippen molar-refractivity contribution in [1.29, 1.82) is 0 Å². The van der Waals surface area contributed by atoms with Crippen LogP contribution in [0.5, 0.6) is 0 Å². The number of nitrogens with one attached hydrogen (secondary N) is 1. The number of rotatable bonds is 4. The van der Waals surface area contributed by atoms with Crippen LogP contribution in [0, 0.1) is 0 Å². The summed E-state index contributed by atoms with van der Waals surface area (Å²) in [5.41, 5.74) is 6.91. The molecule has 88 valence electrons. The number of hydrogen-bond donors (Lipinski definition) is 2. The van der Waals surface area contributed by atoms with Crippen molar-refractivity contribution in [2.24, 2.45) is 0 Å². The minimum absolute atomic E-state index is 0.0987. The molecule has 2 rings (SSSR count). The van der Waals surface area contributed by atoms with Gasteiger partial charge in [-0.2, -0.15) is 0 Å². The van der Waals surface area contributed by atoms with E-state index in [1.165, 1.54) is 0 Å². The molecule has 0 radical (unpaired) electrons. The first-order valence-corrected chi connectivity index (χ1v) is 5.24.